The van der Waals surface area contributed by atoms with Crippen LogP contribution >= 0.6 is 11.6 Å². The van der Waals surface area contributed by atoms with Gasteiger partial charge in [-0.15, -0.1) is 0 Å². The zero-order valence-corrected chi connectivity index (χ0v) is 13.6. The predicted octanol–water partition coefficient (Wildman–Crippen LogP) is 3.02. The van der Waals surface area contributed by atoms with Crippen LogP contribution < -0.4 is 5.73 Å². The van der Waals surface area contributed by atoms with E-state index in [2.05, 4.69) is 0 Å². The van der Waals surface area contributed by atoms with E-state index in [0.717, 1.165) is 5.47 Å². The van der Waals surface area contributed by atoms with Gasteiger partial charge < -0.3 is 20.1 Å². The number of nitrogens with two attached hydrogens (primary N) is 1. The van der Waals surface area contributed by atoms with Crippen LogP contribution in [-0.4, -0.2) is 30.0 Å². The van der Waals surface area contributed by atoms with Crippen molar-refractivity contribution in [3.8, 4) is 5.75 Å². The van der Waals surface area contributed by atoms with Crippen molar-refractivity contribution in [2.75, 3.05) is 6.54 Å². The summed E-state index contributed by atoms with van der Waals surface area (Å²) in [6.45, 7) is 8.23. The first-order chi connectivity index (χ1) is 9.66. The molecular formula is C15H21BClNO3. The summed E-state index contributed by atoms with van der Waals surface area (Å²) >= 11 is 6.14. The maximum Gasteiger partial charge on any atom is 0.491 e. The van der Waals surface area contributed by atoms with Gasteiger partial charge in [0.05, 0.1) is 11.2 Å². The molecule has 1 aromatic carbocycles. The molecule has 0 aliphatic carbocycles. The lowest BCUT2D eigenvalue weighted by atomic mass is 9.77. The molecule has 0 amide bonds. The molecule has 0 unspecified atom stereocenters. The molecule has 1 fully saturated rings. The van der Waals surface area contributed by atoms with E-state index in [1.165, 1.54) is 6.07 Å². The van der Waals surface area contributed by atoms with Gasteiger partial charge in [0, 0.05) is 11.6 Å². The molecule has 114 valence electrons. The Kier molecular flexibility index (Phi) is 4.40. The molecule has 0 bridgehead atoms. The normalized spacial score (nSPS) is 20.9. The van der Waals surface area contributed by atoms with Crippen LogP contribution in [0.5, 0.6) is 5.75 Å². The quantitative estimate of drug-likeness (QED) is 0.842. The molecule has 1 aromatic rings. The third kappa shape index (κ3) is 3.26. The second-order valence-electron chi connectivity index (χ2n) is 6.22. The standard InChI is InChI=1S/C15H21BClNO3/c1-14(2)15(3,4)21-16(20-14)11(9-18)7-10-8-12(19)5-6-13(10)17/h5-8,19H,9,18H2,1-4H3. The lowest BCUT2D eigenvalue weighted by Crippen LogP contribution is -2.41. The molecule has 2 rings (SSSR count). The highest BCUT2D eigenvalue weighted by molar-refractivity contribution is 6.56. The average molecular weight is 310 g/mol. The maximum absolute atomic E-state index is 9.57. The molecule has 0 saturated carbocycles. The van der Waals surface area contributed by atoms with E-state index in [9.17, 15) is 5.11 Å². The lowest BCUT2D eigenvalue weighted by molar-refractivity contribution is 0.00578. The fraction of sp³-hybridized carbons (Fsp3) is 0.467. The smallest absolute Gasteiger partial charge is 0.491 e. The summed E-state index contributed by atoms with van der Waals surface area (Å²) < 4.78 is 12.0. The third-order valence-corrected chi connectivity index (χ3v) is 4.46. The molecule has 6 heteroatoms. The topological polar surface area (TPSA) is 64.7 Å². The zero-order chi connectivity index (χ0) is 15.8. The Morgan fingerprint density at radius 3 is 2.38 bits per heavy atom. The fourth-order valence-corrected chi connectivity index (χ4v) is 2.23. The number of aromatic hydroxyl groups is 1. The van der Waals surface area contributed by atoms with Crippen molar-refractivity contribution in [3.05, 3.63) is 34.3 Å². The number of phenols is 1. The first-order valence-corrected chi connectivity index (χ1v) is 7.29. The Balaban J connectivity index is 2.33. The van der Waals surface area contributed by atoms with Gasteiger partial charge in [-0.3, -0.25) is 0 Å². The number of hydrogen-bond donors (Lipinski definition) is 2. The lowest BCUT2D eigenvalue weighted by Gasteiger charge is -2.32. The average Bonchev–Trinajstić information content (AvgIpc) is 2.59. The molecule has 1 heterocycles. The summed E-state index contributed by atoms with van der Waals surface area (Å²) in [6.07, 6.45) is 1.81. The van der Waals surface area contributed by atoms with E-state index in [1.807, 2.05) is 33.8 Å². The van der Waals surface area contributed by atoms with Gasteiger partial charge in [0.15, 0.2) is 0 Å². The van der Waals surface area contributed by atoms with Gasteiger partial charge in [-0.1, -0.05) is 17.7 Å². The van der Waals surface area contributed by atoms with E-state index < -0.39 is 18.3 Å². The van der Waals surface area contributed by atoms with Gasteiger partial charge >= 0.3 is 7.12 Å². The highest BCUT2D eigenvalue weighted by Gasteiger charge is 2.52. The highest BCUT2D eigenvalue weighted by Crippen LogP contribution is 2.39. The van der Waals surface area contributed by atoms with E-state index >= 15 is 0 Å². The van der Waals surface area contributed by atoms with Crippen LogP contribution in [0, 0.1) is 0 Å². The van der Waals surface area contributed by atoms with Gasteiger partial charge in [0.1, 0.15) is 5.75 Å². The second-order valence-corrected chi connectivity index (χ2v) is 6.62. The molecule has 1 aliphatic heterocycles. The summed E-state index contributed by atoms with van der Waals surface area (Å²) in [5, 5.41) is 10.1. The van der Waals surface area contributed by atoms with Gasteiger partial charge in [-0.05, 0) is 56.9 Å². The monoisotopic (exact) mass is 309 g/mol. The molecule has 21 heavy (non-hydrogen) atoms. The Labute approximate surface area is 131 Å². The maximum atomic E-state index is 9.57. The van der Waals surface area contributed by atoms with Crippen molar-refractivity contribution in [2.24, 2.45) is 5.73 Å². The van der Waals surface area contributed by atoms with Crippen molar-refractivity contribution in [1.82, 2.24) is 0 Å². The first kappa shape index (κ1) is 16.4. The minimum Gasteiger partial charge on any atom is -0.508 e. The molecule has 0 atom stereocenters. The number of rotatable bonds is 3. The summed E-state index contributed by atoms with van der Waals surface area (Å²) in [6, 6.07) is 4.76. The number of phenolic OH excluding ortho intramolecular Hbond substituents is 1. The Hall–Kier alpha value is -1.01. The summed E-state index contributed by atoms with van der Waals surface area (Å²) in [5.74, 6) is 0.149. The summed E-state index contributed by atoms with van der Waals surface area (Å²) in [7, 11) is -0.515. The number of benzene rings is 1. The minimum atomic E-state index is -0.515. The van der Waals surface area contributed by atoms with Gasteiger partial charge in [-0.25, -0.2) is 0 Å². The van der Waals surface area contributed by atoms with E-state index in [-0.39, 0.29) is 12.3 Å². The minimum absolute atomic E-state index is 0.149. The van der Waals surface area contributed by atoms with Crippen LogP contribution in [0.3, 0.4) is 0 Å². The number of halogens is 1. The van der Waals surface area contributed by atoms with E-state index in [0.29, 0.717) is 10.6 Å². The van der Waals surface area contributed by atoms with Crippen LogP contribution in [-0.2, 0) is 9.31 Å². The SMILES string of the molecule is CC1(C)OB(C(=Cc2cc(O)ccc2Cl)CN)OC1(C)C. The fourth-order valence-electron chi connectivity index (χ4n) is 2.06. The largest absolute Gasteiger partial charge is 0.508 e. The number of hydrogen-bond acceptors (Lipinski definition) is 4. The van der Waals surface area contributed by atoms with Crippen molar-refractivity contribution in [2.45, 2.75) is 38.9 Å². The van der Waals surface area contributed by atoms with Gasteiger partial charge in [-0.2, -0.15) is 0 Å². The van der Waals surface area contributed by atoms with Crippen LogP contribution in [0.2, 0.25) is 5.02 Å². The molecule has 0 aromatic heterocycles. The van der Waals surface area contributed by atoms with Crippen molar-refractivity contribution in [3.63, 3.8) is 0 Å². The van der Waals surface area contributed by atoms with Crippen LogP contribution in [0.25, 0.3) is 6.08 Å². The third-order valence-electron chi connectivity index (χ3n) is 4.11. The molecule has 1 aliphatic rings. The van der Waals surface area contributed by atoms with Crippen LogP contribution in [0.1, 0.15) is 33.3 Å². The Morgan fingerprint density at radius 2 is 1.86 bits per heavy atom. The first-order valence-electron chi connectivity index (χ1n) is 6.91. The van der Waals surface area contributed by atoms with Crippen molar-refractivity contribution < 1.29 is 14.4 Å². The Morgan fingerprint density at radius 1 is 1.29 bits per heavy atom. The van der Waals surface area contributed by atoms with Crippen LogP contribution in [0.15, 0.2) is 23.7 Å². The highest BCUT2D eigenvalue weighted by atomic mass is 35.5. The second kappa shape index (κ2) is 5.65. The predicted molar refractivity (Wildman–Crippen MR) is 86.2 cm³/mol. The van der Waals surface area contributed by atoms with Crippen LogP contribution in [0.4, 0.5) is 0 Å². The van der Waals surface area contributed by atoms with Gasteiger partial charge in [0.2, 0.25) is 0 Å². The summed E-state index contributed by atoms with van der Waals surface area (Å²) in [4.78, 5) is 0. The van der Waals surface area contributed by atoms with Gasteiger partial charge in [0.25, 0.3) is 0 Å². The molecule has 0 radical (unpaired) electrons. The summed E-state index contributed by atoms with van der Waals surface area (Å²) in [5.41, 5.74) is 6.45. The van der Waals surface area contributed by atoms with E-state index in [1.54, 1.807) is 12.1 Å². The van der Waals surface area contributed by atoms with Crippen molar-refractivity contribution >= 4 is 24.8 Å². The zero-order valence-electron chi connectivity index (χ0n) is 12.8. The van der Waals surface area contributed by atoms with E-state index in [4.69, 9.17) is 26.6 Å². The molecule has 3 N–H and O–H groups in total. The molecule has 0 spiro atoms. The molecule has 1 saturated heterocycles. The van der Waals surface area contributed by atoms with Crippen molar-refractivity contribution in [1.29, 1.82) is 0 Å². The Bertz CT molecular complexity index is 556. The molecular weight excluding hydrogens is 288 g/mol. The molecule has 4 nitrogen and oxygen atoms in total.